The molecule has 0 amide bonds. The van der Waals surface area contributed by atoms with E-state index in [0.717, 1.165) is 18.5 Å². The minimum Gasteiger partial charge on any atom is -0.451 e. The lowest BCUT2D eigenvalue weighted by molar-refractivity contribution is 0.550. The molecule has 12 heavy (non-hydrogen) atoms. The molecule has 0 bridgehead atoms. The van der Waals surface area contributed by atoms with Crippen molar-refractivity contribution >= 4 is 0 Å². The summed E-state index contributed by atoms with van der Waals surface area (Å²) in [7, 11) is 0. The molecule has 0 aliphatic carbocycles. The van der Waals surface area contributed by atoms with Crippen LogP contribution in [0.15, 0.2) is 17.1 Å². The molecule has 0 spiro atoms. The van der Waals surface area contributed by atoms with Gasteiger partial charge in [-0.15, -0.1) is 0 Å². The van der Waals surface area contributed by atoms with Crippen molar-refractivity contribution in [3.63, 3.8) is 0 Å². The summed E-state index contributed by atoms with van der Waals surface area (Å²) in [6.07, 6.45) is 5.51. The van der Waals surface area contributed by atoms with Crippen molar-refractivity contribution in [2.45, 2.75) is 46.5 Å². The Morgan fingerprint density at radius 2 is 1.92 bits per heavy atom. The molecule has 0 N–H and O–H groups in total. The first-order valence-electron chi connectivity index (χ1n) is 4.76. The van der Waals surface area contributed by atoms with Gasteiger partial charge in [-0.05, 0) is 12.8 Å². The summed E-state index contributed by atoms with van der Waals surface area (Å²) in [5.74, 6) is 0.582. The molecule has 2 heteroatoms. The van der Waals surface area contributed by atoms with Crippen LogP contribution in [0.2, 0.25) is 0 Å². The second-order valence-corrected chi connectivity index (χ2v) is 2.43. The lowest BCUT2D eigenvalue weighted by Crippen LogP contribution is -1.94. The van der Waals surface area contributed by atoms with Crippen LogP contribution in [0.5, 0.6) is 0 Å². The minimum absolute atomic E-state index is 0.582. The molecule has 0 saturated carbocycles. The van der Waals surface area contributed by atoms with E-state index >= 15 is 0 Å². The monoisotopic (exact) mass is 169 g/mol. The van der Waals surface area contributed by atoms with Crippen LogP contribution in [0.25, 0.3) is 0 Å². The average Bonchev–Trinajstić information content (AvgIpc) is 2.64. The SMILES string of the molecule is CC.CCC(CC)c1cocn1. The van der Waals surface area contributed by atoms with Crippen molar-refractivity contribution in [2.75, 3.05) is 0 Å². The standard InChI is InChI=1S/C8H13NO.C2H6/c1-3-7(4-2)8-5-10-6-9-8;1-2/h5-7H,3-4H2,1-2H3;1-2H3. The molecule has 0 fully saturated rings. The van der Waals surface area contributed by atoms with E-state index in [4.69, 9.17) is 4.42 Å². The summed E-state index contributed by atoms with van der Waals surface area (Å²) in [4.78, 5) is 4.09. The number of nitrogens with zero attached hydrogens (tertiary/aromatic N) is 1. The molecule has 0 aliphatic heterocycles. The zero-order chi connectivity index (χ0) is 9.40. The van der Waals surface area contributed by atoms with E-state index in [-0.39, 0.29) is 0 Å². The number of hydrogen-bond donors (Lipinski definition) is 0. The van der Waals surface area contributed by atoms with Crippen LogP contribution in [0, 0.1) is 0 Å². The Morgan fingerprint density at radius 1 is 1.33 bits per heavy atom. The Labute approximate surface area is 75.0 Å². The first-order chi connectivity index (χ1) is 5.88. The van der Waals surface area contributed by atoms with Gasteiger partial charge in [-0.2, -0.15) is 0 Å². The van der Waals surface area contributed by atoms with E-state index in [1.165, 1.54) is 6.39 Å². The topological polar surface area (TPSA) is 26.0 Å². The van der Waals surface area contributed by atoms with Gasteiger partial charge in [-0.25, -0.2) is 4.98 Å². The van der Waals surface area contributed by atoms with Crippen LogP contribution in [-0.4, -0.2) is 4.98 Å². The van der Waals surface area contributed by atoms with Crippen LogP contribution in [0.1, 0.15) is 52.1 Å². The van der Waals surface area contributed by atoms with Gasteiger partial charge in [0.1, 0.15) is 6.26 Å². The van der Waals surface area contributed by atoms with Crippen molar-refractivity contribution in [2.24, 2.45) is 0 Å². The third kappa shape index (κ3) is 3.07. The van der Waals surface area contributed by atoms with Crippen LogP contribution in [0.4, 0.5) is 0 Å². The summed E-state index contributed by atoms with van der Waals surface area (Å²) in [6, 6.07) is 0. The summed E-state index contributed by atoms with van der Waals surface area (Å²) in [5, 5.41) is 0. The van der Waals surface area contributed by atoms with Crippen molar-refractivity contribution in [3.05, 3.63) is 18.4 Å². The van der Waals surface area contributed by atoms with E-state index in [0.29, 0.717) is 5.92 Å². The molecule has 0 aliphatic rings. The molecule has 1 rings (SSSR count). The van der Waals surface area contributed by atoms with Crippen molar-refractivity contribution in [3.8, 4) is 0 Å². The lowest BCUT2D eigenvalue weighted by Gasteiger charge is -2.05. The van der Waals surface area contributed by atoms with Gasteiger partial charge < -0.3 is 4.42 Å². The summed E-state index contributed by atoms with van der Waals surface area (Å²) in [6.45, 7) is 8.34. The highest BCUT2D eigenvalue weighted by Crippen LogP contribution is 2.20. The van der Waals surface area contributed by atoms with E-state index in [2.05, 4.69) is 18.8 Å². The Hall–Kier alpha value is -0.790. The van der Waals surface area contributed by atoms with Crippen LogP contribution < -0.4 is 0 Å². The Kier molecular flexibility index (Phi) is 6.44. The molecular formula is C10H19NO. The highest BCUT2D eigenvalue weighted by atomic mass is 16.3. The van der Waals surface area contributed by atoms with Crippen molar-refractivity contribution < 1.29 is 4.42 Å². The zero-order valence-electron chi connectivity index (χ0n) is 8.50. The fourth-order valence-corrected chi connectivity index (χ4v) is 1.13. The molecular weight excluding hydrogens is 150 g/mol. The van der Waals surface area contributed by atoms with Crippen molar-refractivity contribution in [1.29, 1.82) is 0 Å². The first kappa shape index (κ1) is 11.2. The van der Waals surface area contributed by atoms with Gasteiger partial charge in [0.2, 0.25) is 0 Å². The highest BCUT2D eigenvalue weighted by molar-refractivity contribution is 4.99. The Morgan fingerprint density at radius 3 is 2.25 bits per heavy atom. The maximum Gasteiger partial charge on any atom is 0.180 e. The molecule has 0 atom stereocenters. The number of aromatic nitrogens is 1. The summed E-state index contributed by atoms with van der Waals surface area (Å²) in [5.41, 5.74) is 1.09. The third-order valence-corrected chi connectivity index (χ3v) is 1.86. The molecule has 0 radical (unpaired) electrons. The number of oxazole rings is 1. The smallest absolute Gasteiger partial charge is 0.180 e. The average molecular weight is 169 g/mol. The molecule has 0 aromatic carbocycles. The number of rotatable bonds is 3. The molecule has 0 saturated heterocycles. The summed E-state index contributed by atoms with van der Waals surface area (Å²) < 4.78 is 4.89. The quantitative estimate of drug-likeness (QED) is 0.691. The van der Waals surface area contributed by atoms with Crippen LogP contribution in [0.3, 0.4) is 0 Å². The molecule has 0 unspecified atom stereocenters. The predicted octanol–water partition coefficient (Wildman–Crippen LogP) is 3.60. The Balaban J connectivity index is 0.000000561. The van der Waals surface area contributed by atoms with Crippen molar-refractivity contribution in [1.82, 2.24) is 4.98 Å². The molecule has 2 nitrogen and oxygen atoms in total. The van der Waals surface area contributed by atoms with Gasteiger partial charge in [0, 0.05) is 5.92 Å². The number of hydrogen-bond acceptors (Lipinski definition) is 2. The van der Waals surface area contributed by atoms with Gasteiger partial charge in [0.05, 0.1) is 5.69 Å². The lowest BCUT2D eigenvalue weighted by atomic mass is 10.0. The first-order valence-corrected chi connectivity index (χ1v) is 4.76. The van der Waals surface area contributed by atoms with Crippen LogP contribution in [-0.2, 0) is 0 Å². The van der Waals surface area contributed by atoms with Crippen LogP contribution >= 0.6 is 0 Å². The van der Waals surface area contributed by atoms with Gasteiger partial charge in [-0.3, -0.25) is 0 Å². The van der Waals surface area contributed by atoms with E-state index in [9.17, 15) is 0 Å². The second-order valence-electron chi connectivity index (χ2n) is 2.43. The maximum atomic E-state index is 4.89. The largest absolute Gasteiger partial charge is 0.451 e. The van der Waals surface area contributed by atoms with Gasteiger partial charge in [0.25, 0.3) is 0 Å². The molecule has 1 aromatic rings. The second kappa shape index (κ2) is 6.89. The van der Waals surface area contributed by atoms with Gasteiger partial charge in [0.15, 0.2) is 6.39 Å². The van der Waals surface area contributed by atoms with Gasteiger partial charge in [-0.1, -0.05) is 27.7 Å². The Bertz CT molecular complexity index is 166. The third-order valence-electron chi connectivity index (χ3n) is 1.86. The maximum absolute atomic E-state index is 4.89. The van der Waals surface area contributed by atoms with E-state index < -0.39 is 0 Å². The zero-order valence-corrected chi connectivity index (χ0v) is 8.50. The fourth-order valence-electron chi connectivity index (χ4n) is 1.13. The normalized spacial score (nSPS) is 9.42. The molecule has 1 aromatic heterocycles. The summed E-state index contributed by atoms with van der Waals surface area (Å²) >= 11 is 0. The minimum atomic E-state index is 0.582. The van der Waals surface area contributed by atoms with Gasteiger partial charge >= 0.3 is 0 Å². The fraction of sp³-hybridized carbons (Fsp3) is 0.700. The van der Waals surface area contributed by atoms with E-state index in [1.54, 1.807) is 6.26 Å². The predicted molar refractivity (Wildman–Crippen MR) is 51.2 cm³/mol. The molecule has 1 heterocycles. The van der Waals surface area contributed by atoms with E-state index in [1.807, 2.05) is 13.8 Å². The molecule has 70 valence electrons. The highest BCUT2D eigenvalue weighted by Gasteiger charge is 2.08.